The second-order valence-corrected chi connectivity index (χ2v) is 4.65. The third-order valence-electron chi connectivity index (χ3n) is 1.69. The van der Waals surface area contributed by atoms with Crippen LogP contribution in [0.25, 0.3) is 0 Å². The van der Waals surface area contributed by atoms with Gasteiger partial charge in [0, 0.05) is 5.41 Å². The van der Waals surface area contributed by atoms with Crippen molar-refractivity contribution in [2.75, 3.05) is 7.11 Å². The Morgan fingerprint density at radius 3 is 2.25 bits per heavy atom. The molecule has 2 nitrogen and oxygen atoms in total. The second-order valence-electron chi connectivity index (χ2n) is 3.88. The monoisotopic (exact) mass is 185 g/mol. The Bertz CT molecular complexity index is 273. The summed E-state index contributed by atoms with van der Waals surface area (Å²) in [5.74, 6) is 0.951. The van der Waals surface area contributed by atoms with Crippen molar-refractivity contribution in [1.82, 2.24) is 4.37 Å². The van der Waals surface area contributed by atoms with Crippen molar-refractivity contribution in [1.29, 1.82) is 0 Å². The molecule has 0 bridgehead atoms. The largest absolute Gasteiger partial charge is 0.494 e. The lowest BCUT2D eigenvalue weighted by molar-refractivity contribution is 0.398. The highest BCUT2D eigenvalue weighted by Gasteiger charge is 2.23. The van der Waals surface area contributed by atoms with Crippen LogP contribution in [-0.4, -0.2) is 11.5 Å². The molecule has 0 saturated carbocycles. The Morgan fingerprint density at radius 1 is 1.33 bits per heavy atom. The molecule has 0 spiro atoms. The van der Waals surface area contributed by atoms with Crippen LogP contribution >= 0.6 is 11.5 Å². The van der Waals surface area contributed by atoms with Crippen LogP contribution in [0.3, 0.4) is 0 Å². The summed E-state index contributed by atoms with van der Waals surface area (Å²) in [5.41, 5.74) is 1.13. The molecule has 1 heterocycles. The number of hydrogen-bond acceptors (Lipinski definition) is 3. The van der Waals surface area contributed by atoms with E-state index in [9.17, 15) is 0 Å². The quantitative estimate of drug-likeness (QED) is 0.671. The van der Waals surface area contributed by atoms with Gasteiger partial charge in [0.2, 0.25) is 0 Å². The predicted molar refractivity (Wildman–Crippen MR) is 52.1 cm³/mol. The number of nitrogens with zero attached hydrogens (tertiary/aromatic N) is 1. The van der Waals surface area contributed by atoms with E-state index in [4.69, 9.17) is 4.74 Å². The minimum atomic E-state index is 0.136. The van der Waals surface area contributed by atoms with E-state index in [1.54, 1.807) is 7.11 Å². The Morgan fingerprint density at radius 2 is 1.92 bits per heavy atom. The van der Waals surface area contributed by atoms with Crippen molar-refractivity contribution in [2.45, 2.75) is 33.1 Å². The molecule has 0 aliphatic carbocycles. The summed E-state index contributed by atoms with van der Waals surface area (Å²) >= 11 is 1.53. The Labute approximate surface area is 77.7 Å². The highest BCUT2D eigenvalue weighted by molar-refractivity contribution is 7.06. The van der Waals surface area contributed by atoms with Gasteiger partial charge >= 0.3 is 0 Å². The average molecular weight is 185 g/mol. The van der Waals surface area contributed by atoms with Crippen LogP contribution in [0.1, 0.15) is 31.3 Å². The van der Waals surface area contributed by atoms with Gasteiger partial charge in [-0.15, -0.1) is 0 Å². The van der Waals surface area contributed by atoms with E-state index in [0.717, 1.165) is 11.4 Å². The van der Waals surface area contributed by atoms with Gasteiger partial charge in [-0.3, -0.25) is 0 Å². The van der Waals surface area contributed by atoms with E-state index >= 15 is 0 Å². The lowest BCUT2D eigenvalue weighted by atomic mass is 9.94. The molecule has 12 heavy (non-hydrogen) atoms. The van der Waals surface area contributed by atoms with Crippen LogP contribution in [0.15, 0.2) is 0 Å². The Hall–Kier alpha value is -0.570. The lowest BCUT2D eigenvalue weighted by Gasteiger charge is -2.17. The van der Waals surface area contributed by atoms with Crippen molar-refractivity contribution in [3.05, 3.63) is 10.6 Å². The van der Waals surface area contributed by atoms with Crippen LogP contribution in [0.5, 0.6) is 5.75 Å². The van der Waals surface area contributed by atoms with E-state index in [1.807, 2.05) is 6.92 Å². The Kier molecular flexibility index (Phi) is 2.42. The maximum Gasteiger partial charge on any atom is 0.156 e. The van der Waals surface area contributed by atoms with Gasteiger partial charge in [0.1, 0.15) is 0 Å². The summed E-state index contributed by atoms with van der Waals surface area (Å²) in [4.78, 5) is 1.22. The van der Waals surface area contributed by atoms with Gasteiger partial charge in [0.15, 0.2) is 5.75 Å². The van der Waals surface area contributed by atoms with Crippen molar-refractivity contribution in [2.24, 2.45) is 0 Å². The smallest absolute Gasteiger partial charge is 0.156 e. The van der Waals surface area contributed by atoms with E-state index in [2.05, 4.69) is 25.1 Å². The lowest BCUT2D eigenvalue weighted by Crippen LogP contribution is -2.10. The molecule has 3 heteroatoms. The van der Waals surface area contributed by atoms with Crippen molar-refractivity contribution >= 4 is 11.5 Å². The number of aryl methyl sites for hydroxylation is 1. The zero-order valence-electron chi connectivity index (χ0n) is 8.26. The summed E-state index contributed by atoms with van der Waals surface area (Å²) in [7, 11) is 1.70. The van der Waals surface area contributed by atoms with Crippen LogP contribution in [0.2, 0.25) is 0 Å². The zero-order valence-corrected chi connectivity index (χ0v) is 9.08. The van der Waals surface area contributed by atoms with Gasteiger partial charge in [-0.2, -0.15) is 4.37 Å². The molecule has 0 fully saturated rings. The first-order valence-corrected chi connectivity index (χ1v) is 4.75. The fourth-order valence-corrected chi connectivity index (χ4v) is 1.98. The summed E-state index contributed by atoms with van der Waals surface area (Å²) in [6, 6.07) is 0. The molecule has 68 valence electrons. The summed E-state index contributed by atoms with van der Waals surface area (Å²) in [6.45, 7) is 8.48. The third kappa shape index (κ3) is 1.61. The summed E-state index contributed by atoms with van der Waals surface area (Å²) in [5, 5.41) is 0. The van der Waals surface area contributed by atoms with E-state index < -0.39 is 0 Å². The molecule has 0 aliphatic rings. The van der Waals surface area contributed by atoms with Crippen molar-refractivity contribution in [3.8, 4) is 5.75 Å². The minimum Gasteiger partial charge on any atom is -0.494 e. The van der Waals surface area contributed by atoms with E-state index in [-0.39, 0.29) is 5.41 Å². The first-order chi connectivity index (χ1) is 5.46. The van der Waals surface area contributed by atoms with Gasteiger partial charge in [0.25, 0.3) is 0 Å². The number of ether oxygens (including phenoxy) is 1. The average Bonchev–Trinajstić information content (AvgIpc) is 2.29. The standard InChI is InChI=1S/C9H15NOS/c1-6-7(11-5)8(12-10-6)9(2,3)4/h1-5H3. The molecular formula is C9H15NOS. The molecule has 0 aliphatic heterocycles. The highest BCUT2D eigenvalue weighted by atomic mass is 32.1. The number of rotatable bonds is 1. The molecule has 1 aromatic heterocycles. The first kappa shape index (κ1) is 9.52. The molecule has 0 amide bonds. The predicted octanol–water partition coefficient (Wildman–Crippen LogP) is 2.76. The first-order valence-electron chi connectivity index (χ1n) is 3.97. The van der Waals surface area contributed by atoms with Crippen molar-refractivity contribution < 1.29 is 4.74 Å². The van der Waals surface area contributed by atoms with Gasteiger partial charge in [0.05, 0.1) is 17.7 Å². The second kappa shape index (κ2) is 3.05. The molecule has 0 atom stereocenters. The van der Waals surface area contributed by atoms with Gasteiger partial charge in [-0.1, -0.05) is 20.8 Å². The van der Waals surface area contributed by atoms with Crippen LogP contribution < -0.4 is 4.74 Å². The van der Waals surface area contributed by atoms with Crippen LogP contribution in [-0.2, 0) is 5.41 Å². The molecule has 0 saturated heterocycles. The SMILES string of the molecule is COc1c(C)nsc1C(C)(C)C. The molecule has 0 aromatic carbocycles. The summed E-state index contributed by atoms with van der Waals surface area (Å²) in [6.07, 6.45) is 0. The molecule has 0 N–H and O–H groups in total. The molecule has 1 aromatic rings. The van der Waals surface area contributed by atoms with E-state index in [1.165, 1.54) is 16.4 Å². The number of methoxy groups -OCH3 is 1. The highest BCUT2D eigenvalue weighted by Crippen LogP contribution is 2.36. The fraction of sp³-hybridized carbons (Fsp3) is 0.667. The van der Waals surface area contributed by atoms with Crippen LogP contribution in [0.4, 0.5) is 0 Å². The molecule has 1 rings (SSSR count). The maximum absolute atomic E-state index is 5.29. The maximum atomic E-state index is 5.29. The van der Waals surface area contributed by atoms with Crippen molar-refractivity contribution in [3.63, 3.8) is 0 Å². The number of hydrogen-bond donors (Lipinski definition) is 0. The molecular weight excluding hydrogens is 170 g/mol. The van der Waals surface area contributed by atoms with Gasteiger partial charge < -0.3 is 4.74 Å². The van der Waals surface area contributed by atoms with Gasteiger partial charge in [-0.05, 0) is 18.5 Å². The van der Waals surface area contributed by atoms with E-state index in [0.29, 0.717) is 0 Å². The third-order valence-corrected chi connectivity index (χ3v) is 3.04. The van der Waals surface area contributed by atoms with Crippen LogP contribution in [0, 0.1) is 6.92 Å². The summed E-state index contributed by atoms with van der Waals surface area (Å²) < 4.78 is 9.56. The minimum absolute atomic E-state index is 0.136. The normalized spacial score (nSPS) is 11.8. The number of aromatic nitrogens is 1. The topological polar surface area (TPSA) is 22.1 Å². The fourth-order valence-electron chi connectivity index (χ4n) is 1.08. The molecule has 0 unspecified atom stereocenters. The zero-order chi connectivity index (χ0) is 9.35. The van der Waals surface area contributed by atoms with Gasteiger partial charge in [-0.25, -0.2) is 0 Å². The molecule has 0 radical (unpaired) electrons. The Balaban J connectivity index is 3.16.